The maximum Gasteiger partial charge on any atom is 0.410 e. The molecule has 1 N–H and O–H groups in total. The first kappa shape index (κ1) is 19.2. The standard InChI is InChI=1S/C11H22N2O2.2ClH/c1-11(2,3)15-10(14)13(4)9-5-7-12-8-6-9;;/h9,12H,5-8H2,1-4H3;2*1H. The van der Waals surface area contributed by atoms with Crippen molar-refractivity contribution >= 4 is 30.9 Å². The summed E-state index contributed by atoms with van der Waals surface area (Å²) in [6, 6.07) is 0.320. The number of rotatable bonds is 1. The van der Waals surface area contributed by atoms with Gasteiger partial charge in [0.05, 0.1) is 0 Å². The van der Waals surface area contributed by atoms with Crippen molar-refractivity contribution in [2.24, 2.45) is 0 Å². The van der Waals surface area contributed by atoms with Gasteiger partial charge in [0.1, 0.15) is 5.60 Å². The van der Waals surface area contributed by atoms with Gasteiger partial charge in [0, 0.05) is 13.1 Å². The SMILES string of the molecule is CN(C(=O)OC(C)(C)C)C1CCNCC1.Cl.Cl. The Balaban J connectivity index is 0. The molecular weight excluding hydrogens is 263 g/mol. The summed E-state index contributed by atoms with van der Waals surface area (Å²) in [6.07, 6.45) is 1.81. The second-order valence-corrected chi connectivity index (χ2v) is 5.07. The van der Waals surface area contributed by atoms with Crippen LogP contribution in [0.1, 0.15) is 33.6 Å². The summed E-state index contributed by atoms with van der Waals surface area (Å²) in [7, 11) is 1.82. The highest BCUT2D eigenvalue weighted by Crippen LogP contribution is 2.14. The molecule has 0 atom stereocenters. The fourth-order valence-corrected chi connectivity index (χ4v) is 1.68. The van der Waals surface area contributed by atoms with Gasteiger partial charge in [-0.1, -0.05) is 0 Å². The van der Waals surface area contributed by atoms with Crippen molar-refractivity contribution in [3.8, 4) is 0 Å². The molecule has 0 saturated carbocycles. The summed E-state index contributed by atoms with van der Waals surface area (Å²) in [4.78, 5) is 13.5. The highest BCUT2D eigenvalue weighted by atomic mass is 35.5. The molecule has 1 amide bonds. The number of halogens is 2. The molecule has 1 aliphatic rings. The smallest absolute Gasteiger partial charge is 0.410 e. The van der Waals surface area contributed by atoms with Crippen LogP contribution in [0.5, 0.6) is 0 Å². The van der Waals surface area contributed by atoms with Gasteiger partial charge in [0.15, 0.2) is 0 Å². The molecule has 0 aromatic rings. The average Bonchev–Trinajstić information content (AvgIpc) is 2.15. The van der Waals surface area contributed by atoms with Crippen molar-refractivity contribution < 1.29 is 9.53 Å². The molecular formula is C11H24Cl2N2O2. The highest BCUT2D eigenvalue weighted by Gasteiger charge is 2.26. The van der Waals surface area contributed by atoms with Crippen LogP contribution in [0.15, 0.2) is 0 Å². The summed E-state index contributed by atoms with van der Waals surface area (Å²) in [5.41, 5.74) is -0.405. The van der Waals surface area contributed by atoms with Gasteiger partial charge < -0.3 is 15.0 Å². The van der Waals surface area contributed by atoms with Crippen LogP contribution in [0.3, 0.4) is 0 Å². The van der Waals surface area contributed by atoms with Crippen molar-refractivity contribution in [1.82, 2.24) is 10.2 Å². The molecule has 1 rings (SSSR count). The Hall–Kier alpha value is -0.190. The third kappa shape index (κ3) is 6.96. The van der Waals surface area contributed by atoms with Crippen LogP contribution < -0.4 is 5.32 Å². The van der Waals surface area contributed by atoms with E-state index < -0.39 is 5.60 Å². The quantitative estimate of drug-likeness (QED) is 0.805. The Labute approximate surface area is 116 Å². The lowest BCUT2D eigenvalue weighted by Crippen LogP contribution is -2.45. The molecule has 1 aliphatic heterocycles. The molecule has 0 aromatic heterocycles. The number of hydrogen-bond donors (Lipinski definition) is 1. The van der Waals surface area contributed by atoms with Crippen molar-refractivity contribution in [1.29, 1.82) is 0 Å². The van der Waals surface area contributed by atoms with Crippen molar-refractivity contribution in [3.05, 3.63) is 0 Å². The van der Waals surface area contributed by atoms with Gasteiger partial charge in [0.25, 0.3) is 0 Å². The molecule has 1 saturated heterocycles. The molecule has 1 fully saturated rings. The summed E-state index contributed by atoms with van der Waals surface area (Å²) in [6.45, 7) is 7.64. The minimum Gasteiger partial charge on any atom is -0.444 e. The van der Waals surface area contributed by atoms with Crippen LogP contribution in [0, 0.1) is 0 Å². The fraction of sp³-hybridized carbons (Fsp3) is 0.909. The molecule has 4 nitrogen and oxygen atoms in total. The Bertz CT molecular complexity index is 226. The largest absolute Gasteiger partial charge is 0.444 e. The number of amides is 1. The lowest BCUT2D eigenvalue weighted by molar-refractivity contribution is 0.0195. The number of carbonyl (C=O) groups is 1. The van der Waals surface area contributed by atoms with Crippen molar-refractivity contribution in [3.63, 3.8) is 0 Å². The summed E-state index contributed by atoms with van der Waals surface area (Å²) in [5.74, 6) is 0. The van der Waals surface area contributed by atoms with Crippen LogP contribution in [-0.2, 0) is 4.74 Å². The van der Waals surface area contributed by atoms with Crippen molar-refractivity contribution in [2.75, 3.05) is 20.1 Å². The van der Waals surface area contributed by atoms with E-state index in [0.29, 0.717) is 6.04 Å². The predicted octanol–water partition coefficient (Wildman–Crippen LogP) is 2.45. The van der Waals surface area contributed by atoms with E-state index in [1.165, 1.54) is 0 Å². The van der Waals surface area contributed by atoms with Gasteiger partial charge in [-0.2, -0.15) is 0 Å². The van der Waals surface area contributed by atoms with E-state index in [1.54, 1.807) is 4.90 Å². The zero-order chi connectivity index (χ0) is 11.5. The minimum absolute atomic E-state index is 0. The monoisotopic (exact) mass is 286 g/mol. The third-order valence-electron chi connectivity index (χ3n) is 2.54. The normalized spacial score (nSPS) is 16.5. The average molecular weight is 287 g/mol. The van der Waals surface area contributed by atoms with Gasteiger partial charge in [0.2, 0.25) is 0 Å². The number of carbonyl (C=O) groups excluding carboxylic acids is 1. The number of nitrogens with one attached hydrogen (secondary N) is 1. The maximum absolute atomic E-state index is 11.7. The molecule has 0 spiro atoms. The zero-order valence-corrected chi connectivity index (χ0v) is 12.6. The van der Waals surface area contributed by atoms with Crippen LogP contribution in [0.25, 0.3) is 0 Å². The van der Waals surface area contributed by atoms with Crippen LogP contribution in [-0.4, -0.2) is 42.8 Å². The molecule has 0 radical (unpaired) electrons. The summed E-state index contributed by atoms with van der Waals surface area (Å²) in [5, 5.41) is 3.28. The Morgan fingerprint density at radius 3 is 2.12 bits per heavy atom. The molecule has 0 unspecified atom stereocenters. The molecule has 6 heteroatoms. The van der Waals surface area contributed by atoms with E-state index >= 15 is 0 Å². The number of ether oxygens (including phenoxy) is 1. The van der Waals surface area contributed by atoms with E-state index in [0.717, 1.165) is 25.9 Å². The second-order valence-electron chi connectivity index (χ2n) is 5.07. The first-order chi connectivity index (χ1) is 6.90. The zero-order valence-electron chi connectivity index (χ0n) is 11.0. The van der Waals surface area contributed by atoms with Crippen LogP contribution in [0.2, 0.25) is 0 Å². The summed E-state index contributed by atoms with van der Waals surface area (Å²) >= 11 is 0. The lowest BCUT2D eigenvalue weighted by atomic mass is 10.1. The second kappa shape index (κ2) is 8.01. The van der Waals surface area contributed by atoms with E-state index in [4.69, 9.17) is 4.74 Å². The molecule has 0 aliphatic carbocycles. The first-order valence-corrected chi connectivity index (χ1v) is 5.56. The Morgan fingerprint density at radius 1 is 1.24 bits per heavy atom. The maximum atomic E-state index is 11.7. The Morgan fingerprint density at radius 2 is 1.71 bits per heavy atom. The van der Waals surface area contributed by atoms with Gasteiger partial charge in [-0.05, 0) is 46.7 Å². The predicted molar refractivity (Wildman–Crippen MR) is 74.4 cm³/mol. The molecule has 0 bridgehead atoms. The molecule has 17 heavy (non-hydrogen) atoms. The molecule has 104 valence electrons. The minimum atomic E-state index is -0.405. The van der Waals surface area contributed by atoms with E-state index in [9.17, 15) is 4.79 Å². The van der Waals surface area contributed by atoms with Crippen molar-refractivity contribution in [2.45, 2.75) is 45.3 Å². The van der Waals surface area contributed by atoms with E-state index in [1.807, 2.05) is 27.8 Å². The van der Waals surface area contributed by atoms with E-state index in [2.05, 4.69) is 5.32 Å². The topological polar surface area (TPSA) is 41.6 Å². The summed E-state index contributed by atoms with van der Waals surface area (Å²) < 4.78 is 5.32. The highest BCUT2D eigenvalue weighted by molar-refractivity contribution is 5.85. The van der Waals surface area contributed by atoms with Crippen LogP contribution >= 0.6 is 24.8 Å². The lowest BCUT2D eigenvalue weighted by Gasteiger charge is -2.33. The number of nitrogens with zero attached hydrogens (tertiary/aromatic N) is 1. The van der Waals surface area contributed by atoms with Gasteiger partial charge in [-0.3, -0.25) is 0 Å². The first-order valence-electron chi connectivity index (χ1n) is 5.56. The molecule has 1 heterocycles. The van der Waals surface area contributed by atoms with Gasteiger partial charge >= 0.3 is 6.09 Å². The fourth-order valence-electron chi connectivity index (χ4n) is 1.68. The number of hydrogen-bond acceptors (Lipinski definition) is 3. The van der Waals surface area contributed by atoms with Gasteiger partial charge in [-0.15, -0.1) is 24.8 Å². The third-order valence-corrected chi connectivity index (χ3v) is 2.54. The Kier molecular flexibility index (Phi) is 9.02. The van der Waals surface area contributed by atoms with Gasteiger partial charge in [-0.25, -0.2) is 4.79 Å². The van der Waals surface area contributed by atoms with E-state index in [-0.39, 0.29) is 30.9 Å². The number of piperidine rings is 1. The van der Waals surface area contributed by atoms with Crippen LogP contribution in [0.4, 0.5) is 4.79 Å². The molecule has 0 aromatic carbocycles.